The molecule has 0 unspecified atom stereocenters. The Morgan fingerprint density at radius 1 is 1.13 bits per heavy atom. The molecule has 0 aliphatic carbocycles. The van der Waals surface area contributed by atoms with E-state index in [0.29, 0.717) is 25.3 Å². The number of hydrogen-bond donors (Lipinski definition) is 3. The van der Waals surface area contributed by atoms with Crippen LogP contribution in [0.3, 0.4) is 0 Å². The van der Waals surface area contributed by atoms with Crippen molar-refractivity contribution in [2.75, 3.05) is 33.5 Å². The lowest BCUT2D eigenvalue weighted by Crippen LogP contribution is -2.57. The summed E-state index contributed by atoms with van der Waals surface area (Å²) in [6, 6.07) is 1.85. The average molecular weight is 601 g/mol. The Morgan fingerprint density at radius 3 is 2.58 bits per heavy atom. The first-order chi connectivity index (χ1) is 18.3. The van der Waals surface area contributed by atoms with E-state index in [2.05, 4.69) is 36.6 Å². The maximum Gasteiger partial charge on any atom is 0.173 e. The Balaban J connectivity index is 1.42. The molecule has 2 aromatic heterocycles. The van der Waals surface area contributed by atoms with Crippen LogP contribution in [0.25, 0.3) is 11.3 Å². The van der Waals surface area contributed by atoms with Gasteiger partial charge in [-0.05, 0) is 28.1 Å². The molecular weight excluding hydrogens is 574 g/mol. The van der Waals surface area contributed by atoms with Crippen LogP contribution in [0.2, 0.25) is 0 Å². The number of methoxy groups -OCH3 is 1. The Morgan fingerprint density at radius 2 is 1.92 bits per heavy atom. The predicted molar refractivity (Wildman–Crippen MR) is 129 cm³/mol. The second kappa shape index (κ2) is 11.0. The van der Waals surface area contributed by atoms with E-state index < -0.39 is 54.2 Å². The van der Waals surface area contributed by atoms with Crippen LogP contribution >= 0.6 is 15.9 Å². The van der Waals surface area contributed by atoms with E-state index >= 15 is 0 Å². The minimum Gasteiger partial charge on any atom is -0.396 e. The molecule has 3 N–H and O–H groups in total. The molecule has 206 valence electrons. The molecule has 0 spiro atoms. The molecule has 2 saturated heterocycles. The number of hydrogen-bond acceptors (Lipinski definition) is 10. The third-order valence-electron chi connectivity index (χ3n) is 7.12. The Kier molecular flexibility index (Phi) is 7.86. The van der Waals surface area contributed by atoms with Crippen molar-refractivity contribution in [3.05, 3.63) is 46.3 Å². The smallest absolute Gasteiger partial charge is 0.173 e. The van der Waals surface area contributed by atoms with Crippen molar-refractivity contribution >= 4 is 15.9 Å². The van der Waals surface area contributed by atoms with E-state index in [0.717, 1.165) is 0 Å². The van der Waals surface area contributed by atoms with Crippen LogP contribution in [-0.2, 0) is 26.2 Å². The number of rotatable bonds is 9. The quantitative estimate of drug-likeness (QED) is 0.298. The van der Waals surface area contributed by atoms with Crippen LogP contribution in [0.5, 0.6) is 0 Å². The zero-order valence-corrected chi connectivity index (χ0v) is 21.9. The van der Waals surface area contributed by atoms with Crippen molar-refractivity contribution in [2.45, 2.75) is 48.8 Å². The second-order valence-electron chi connectivity index (χ2n) is 9.43. The monoisotopic (exact) mass is 600 g/mol. The van der Waals surface area contributed by atoms with Gasteiger partial charge in [0.05, 0.1) is 42.3 Å². The number of nitrogens with zero attached hydrogens (tertiary/aromatic N) is 6. The van der Waals surface area contributed by atoms with E-state index in [4.69, 9.17) is 14.2 Å². The van der Waals surface area contributed by atoms with Gasteiger partial charge in [0.1, 0.15) is 35.6 Å². The van der Waals surface area contributed by atoms with E-state index in [1.165, 1.54) is 30.1 Å². The van der Waals surface area contributed by atoms with Crippen molar-refractivity contribution in [3.63, 3.8) is 0 Å². The van der Waals surface area contributed by atoms with E-state index in [-0.39, 0.29) is 28.8 Å². The van der Waals surface area contributed by atoms with Crippen molar-refractivity contribution in [1.29, 1.82) is 0 Å². The molecule has 5 rings (SSSR count). The van der Waals surface area contributed by atoms with Crippen LogP contribution < -0.4 is 0 Å². The van der Waals surface area contributed by atoms with Gasteiger partial charge in [0.2, 0.25) is 0 Å². The van der Waals surface area contributed by atoms with Gasteiger partial charge in [-0.15, -0.1) is 10.2 Å². The molecule has 0 radical (unpaired) electrons. The fraction of sp³-hybridized carbons (Fsp3) is 0.565. The maximum atomic E-state index is 14.6. The number of aliphatic hydroxyl groups excluding tert-OH is 3. The predicted octanol–water partition coefficient (Wildman–Crippen LogP) is 0.605. The largest absolute Gasteiger partial charge is 0.396 e. The lowest BCUT2D eigenvalue weighted by molar-refractivity contribution is -0.212. The van der Waals surface area contributed by atoms with Gasteiger partial charge in [-0.1, -0.05) is 10.4 Å². The number of aromatic nitrogens is 6. The zero-order valence-electron chi connectivity index (χ0n) is 20.3. The minimum absolute atomic E-state index is 0.0233. The van der Waals surface area contributed by atoms with Crippen molar-refractivity contribution < 1.29 is 38.3 Å². The summed E-state index contributed by atoms with van der Waals surface area (Å²) in [7, 11) is 1.44. The number of aliphatic hydroxyl groups is 3. The molecule has 38 heavy (non-hydrogen) atoms. The summed E-state index contributed by atoms with van der Waals surface area (Å²) < 4.78 is 48.7. The van der Waals surface area contributed by atoms with Gasteiger partial charge in [-0.25, -0.2) is 18.1 Å². The maximum absolute atomic E-state index is 14.6. The highest BCUT2D eigenvalue weighted by atomic mass is 79.9. The van der Waals surface area contributed by atoms with Crippen molar-refractivity contribution in [1.82, 2.24) is 30.0 Å². The van der Waals surface area contributed by atoms with Crippen molar-refractivity contribution in [3.8, 4) is 11.3 Å². The zero-order chi connectivity index (χ0) is 27.0. The first kappa shape index (κ1) is 27.2. The van der Waals surface area contributed by atoms with E-state index in [1.807, 2.05) is 0 Å². The summed E-state index contributed by atoms with van der Waals surface area (Å²) in [6.45, 7) is 0.317. The molecule has 2 aliphatic heterocycles. The van der Waals surface area contributed by atoms with Crippen LogP contribution in [0.1, 0.15) is 18.2 Å². The van der Waals surface area contributed by atoms with Gasteiger partial charge in [0, 0.05) is 38.3 Å². The normalized spacial score (nSPS) is 26.9. The second-order valence-corrected chi connectivity index (χ2v) is 10.3. The fourth-order valence-electron chi connectivity index (χ4n) is 4.97. The topological polar surface area (TPSA) is 150 Å². The molecular formula is C23H27BrF2N6O6. The van der Waals surface area contributed by atoms with Gasteiger partial charge in [0.15, 0.2) is 11.6 Å². The molecule has 3 aromatic rings. The lowest BCUT2D eigenvalue weighted by Gasteiger charge is -2.43. The Hall–Kier alpha value is -2.40. The molecule has 2 aliphatic rings. The highest BCUT2D eigenvalue weighted by Crippen LogP contribution is 2.35. The van der Waals surface area contributed by atoms with Crippen LogP contribution in [-0.4, -0.2) is 103 Å². The highest BCUT2D eigenvalue weighted by molar-refractivity contribution is 9.10. The van der Waals surface area contributed by atoms with Gasteiger partial charge >= 0.3 is 0 Å². The first-order valence-corrected chi connectivity index (χ1v) is 12.7. The van der Waals surface area contributed by atoms with Gasteiger partial charge in [-0.3, -0.25) is 0 Å². The van der Waals surface area contributed by atoms with Crippen molar-refractivity contribution in [2.24, 2.45) is 0 Å². The van der Waals surface area contributed by atoms with E-state index in [9.17, 15) is 24.1 Å². The lowest BCUT2D eigenvalue weighted by atomic mass is 9.90. The Bertz CT molecular complexity index is 1270. The summed E-state index contributed by atoms with van der Waals surface area (Å²) in [5.41, 5.74) is 0.0644. The Labute approximate surface area is 224 Å². The molecule has 0 saturated carbocycles. The van der Waals surface area contributed by atoms with Crippen LogP contribution in [0.4, 0.5) is 8.78 Å². The number of halogens is 3. The highest BCUT2D eigenvalue weighted by Gasteiger charge is 2.48. The summed E-state index contributed by atoms with van der Waals surface area (Å²) in [4.78, 5) is 0. The third-order valence-corrected chi connectivity index (χ3v) is 7.73. The summed E-state index contributed by atoms with van der Waals surface area (Å²) in [5.74, 6) is -2.15. The molecule has 0 bridgehead atoms. The minimum atomic E-state index is -1.25. The standard InChI is InChI=1S/C23H27BrF2N6O6/c1-36-22-16(6-12-7-32(30-27-12)23(4-5-33)10-37-11-23)38-17(9-34)21(35)20(22)31-8-15(28-29-31)13-2-3-14(24)19(26)18(13)25/h2-3,7-8,16-17,20-22,33-35H,4-6,9-11H2,1H3/t16-,17-,20+,21+,22+/m1/s1. The molecule has 5 atom stereocenters. The van der Waals surface area contributed by atoms with Gasteiger partial charge in [-0.2, -0.15) is 0 Å². The average Bonchev–Trinajstić information content (AvgIpc) is 3.55. The van der Waals surface area contributed by atoms with Gasteiger partial charge < -0.3 is 29.5 Å². The summed E-state index contributed by atoms with van der Waals surface area (Å²) >= 11 is 2.95. The third kappa shape index (κ3) is 4.76. The first-order valence-electron chi connectivity index (χ1n) is 11.9. The molecule has 4 heterocycles. The van der Waals surface area contributed by atoms with Crippen LogP contribution in [0, 0.1) is 11.6 Å². The number of benzene rings is 1. The van der Waals surface area contributed by atoms with Crippen LogP contribution in [0.15, 0.2) is 29.0 Å². The van der Waals surface area contributed by atoms with Gasteiger partial charge in [0.25, 0.3) is 0 Å². The summed E-state index contributed by atoms with van der Waals surface area (Å²) in [5, 5.41) is 46.9. The SMILES string of the molecule is CO[C@@H]1[C@@H](n2cc(-c3ccc(Br)c(F)c3F)nn2)[C@@H](O)[C@@H](CO)O[C@@H]1Cc1cn(C2(CCO)COC2)nn1. The molecule has 2 fully saturated rings. The molecule has 1 aromatic carbocycles. The van der Waals surface area contributed by atoms with E-state index in [1.54, 1.807) is 10.9 Å². The summed E-state index contributed by atoms with van der Waals surface area (Å²) in [6.07, 6.45) is 0.125. The molecule has 12 nitrogen and oxygen atoms in total. The molecule has 0 amide bonds. The fourth-order valence-corrected chi connectivity index (χ4v) is 5.27. The number of ether oxygens (including phenoxy) is 3. The molecule has 15 heteroatoms.